The Kier molecular flexibility index (Phi) is 9.31. The van der Waals surface area contributed by atoms with Gasteiger partial charge >= 0.3 is 0 Å². The Bertz CT molecular complexity index is 279. The number of hydrogen-bond donors (Lipinski definition) is 2. The lowest BCUT2D eigenvalue weighted by atomic mass is 10.3. The van der Waals surface area contributed by atoms with Crippen molar-refractivity contribution in [2.45, 2.75) is 45.7 Å². The maximum Gasteiger partial charge on any atom is 0.211 e. The van der Waals surface area contributed by atoms with Gasteiger partial charge in [0.05, 0.1) is 5.75 Å². The zero-order valence-corrected chi connectivity index (χ0v) is 13.0. The van der Waals surface area contributed by atoms with E-state index in [4.69, 9.17) is 0 Å². The average molecular weight is 282 g/mol. The van der Waals surface area contributed by atoms with E-state index in [9.17, 15) is 8.42 Å². The van der Waals surface area contributed by atoms with E-state index in [0.717, 1.165) is 18.7 Å². The Hall–Kier alpha value is 0.220. The molecule has 1 unspecified atom stereocenters. The molecule has 0 heterocycles. The van der Waals surface area contributed by atoms with Crippen LogP contribution in [0.1, 0.15) is 33.6 Å². The van der Waals surface area contributed by atoms with Gasteiger partial charge in [-0.25, -0.2) is 13.1 Å². The summed E-state index contributed by atoms with van der Waals surface area (Å²) in [6.45, 7) is 6.77. The monoisotopic (exact) mass is 282 g/mol. The van der Waals surface area contributed by atoms with Crippen molar-refractivity contribution in [3.63, 3.8) is 0 Å². The first-order valence-electron chi connectivity index (χ1n) is 6.09. The molecule has 17 heavy (non-hydrogen) atoms. The second kappa shape index (κ2) is 9.19. The first kappa shape index (κ1) is 17.2. The first-order valence-corrected chi connectivity index (χ1v) is 9.14. The molecule has 0 aliphatic carbocycles. The minimum atomic E-state index is -3.11. The first-order chi connectivity index (χ1) is 7.87. The van der Waals surface area contributed by atoms with Crippen LogP contribution in [0.4, 0.5) is 0 Å². The third kappa shape index (κ3) is 11.1. The van der Waals surface area contributed by atoms with Crippen molar-refractivity contribution in [3.05, 3.63) is 0 Å². The molecule has 0 saturated carbocycles. The van der Waals surface area contributed by atoms with E-state index < -0.39 is 10.0 Å². The minimum Gasteiger partial charge on any atom is -0.314 e. The number of hydrogen-bond acceptors (Lipinski definition) is 4. The zero-order chi connectivity index (χ0) is 13.3. The molecule has 0 bridgehead atoms. The van der Waals surface area contributed by atoms with Crippen LogP contribution in [0.2, 0.25) is 0 Å². The Morgan fingerprint density at radius 1 is 1.24 bits per heavy atom. The lowest BCUT2D eigenvalue weighted by Gasteiger charge is -2.14. The Balaban J connectivity index is 3.79. The van der Waals surface area contributed by atoms with Gasteiger partial charge in [0.15, 0.2) is 0 Å². The predicted octanol–water partition coefficient (Wildman–Crippen LogP) is 1.44. The van der Waals surface area contributed by atoms with Gasteiger partial charge in [-0.15, -0.1) is 0 Å². The average Bonchev–Trinajstić information content (AvgIpc) is 2.20. The summed E-state index contributed by atoms with van der Waals surface area (Å²) < 4.78 is 26.1. The van der Waals surface area contributed by atoms with Crippen molar-refractivity contribution in [2.24, 2.45) is 0 Å². The van der Waals surface area contributed by atoms with Crippen molar-refractivity contribution >= 4 is 21.8 Å². The fourth-order valence-electron chi connectivity index (χ4n) is 1.37. The molecule has 0 saturated heterocycles. The van der Waals surface area contributed by atoms with Gasteiger partial charge in [-0.1, -0.05) is 13.8 Å². The van der Waals surface area contributed by atoms with Crippen LogP contribution >= 0.6 is 11.8 Å². The highest BCUT2D eigenvalue weighted by Gasteiger charge is 2.13. The van der Waals surface area contributed by atoms with Gasteiger partial charge in [0.2, 0.25) is 10.0 Å². The van der Waals surface area contributed by atoms with Crippen molar-refractivity contribution < 1.29 is 8.42 Å². The van der Waals surface area contributed by atoms with Gasteiger partial charge < -0.3 is 5.32 Å². The summed E-state index contributed by atoms with van der Waals surface area (Å²) in [4.78, 5) is 0. The SMILES string of the molecule is CSCCC(C)NS(=O)(=O)CCCNC(C)C. The van der Waals surface area contributed by atoms with Crippen LogP contribution in [-0.2, 0) is 10.0 Å². The second-order valence-corrected chi connectivity index (χ2v) is 7.44. The topological polar surface area (TPSA) is 58.2 Å². The summed E-state index contributed by atoms with van der Waals surface area (Å²) in [5, 5.41) is 3.21. The van der Waals surface area contributed by atoms with Crippen LogP contribution < -0.4 is 10.0 Å². The third-order valence-electron chi connectivity index (χ3n) is 2.28. The second-order valence-electron chi connectivity index (χ2n) is 4.58. The van der Waals surface area contributed by atoms with Crippen LogP contribution in [0.5, 0.6) is 0 Å². The van der Waals surface area contributed by atoms with E-state index in [2.05, 4.69) is 23.9 Å². The molecule has 0 fully saturated rings. The van der Waals surface area contributed by atoms with E-state index in [1.54, 1.807) is 11.8 Å². The summed E-state index contributed by atoms with van der Waals surface area (Å²) in [6.07, 6.45) is 3.56. The third-order valence-corrected chi connectivity index (χ3v) is 4.51. The molecular formula is C11H26N2O2S2. The standard InChI is InChI=1S/C11H26N2O2S2/c1-10(2)12-7-5-9-17(14,15)13-11(3)6-8-16-4/h10-13H,5-9H2,1-4H3. The predicted molar refractivity (Wildman–Crippen MR) is 77.1 cm³/mol. The molecular weight excluding hydrogens is 256 g/mol. The molecule has 0 spiro atoms. The summed E-state index contributed by atoms with van der Waals surface area (Å²) in [5.41, 5.74) is 0. The van der Waals surface area contributed by atoms with Crippen LogP contribution in [0, 0.1) is 0 Å². The van der Waals surface area contributed by atoms with Crippen LogP contribution in [0.3, 0.4) is 0 Å². The normalized spacial score (nSPS) is 14.2. The molecule has 4 nitrogen and oxygen atoms in total. The Morgan fingerprint density at radius 3 is 2.41 bits per heavy atom. The molecule has 0 aromatic heterocycles. The molecule has 0 aliphatic heterocycles. The molecule has 2 N–H and O–H groups in total. The number of thioether (sulfide) groups is 1. The molecule has 0 aromatic rings. The van der Waals surface area contributed by atoms with Gasteiger partial charge in [-0.2, -0.15) is 11.8 Å². The largest absolute Gasteiger partial charge is 0.314 e. The molecule has 1 atom stereocenters. The van der Waals surface area contributed by atoms with Crippen LogP contribution in [0.15, 0.2) is 0 Å². The molecule has 0 radical (unpaired) electrons. The van der Waals surface area contributed by atoms with Gasteiger partial charge in [0.25, 0.3) is 0 Å². The van der Waals surface area contributed by atoms with E-state index in [1.807, 2.05) is 13.2 Å². The van der Waals surface area contributed by atoms with E-state index >= 15 is 0 Å². The highest BCUT2D eigenvalue weighted by molar-refractivity contribution is 7.98. The zero-order valence-electron chi connectivity index (χ0n) is 11.3. The smallest absolute Gasteiger partial charge is 0.211 e. The lowest BCUT2D eigenvalue weighted by molar-refractivity contribution is 0.545. The van der Waals surface area contributed by atoms with Crippen molar-refractivity contribution in [3.8, 4) is 0 Å². The maximum absolute atomic E-state index is 11.7. The van der Waals surface area contributed by atoms with Crippen LogP contribution in [0.25, 0.3) is 0 Å². The highest BCUT2D eigenvalue weighted by atomic mass is 32.2. The number of nitrogens with one attached hydrogen (secondary N) is 2. The van der Waals surface area contributed by atoms with Gasteiger partial charge in [0.1, 0.15) is 0 Å². The Labute approximate surface area is 110 Å². The van der Waals surface area contributed by atoms with Crippen LogP contribution in [-0.4, -0.2) is 44.8 Å². The van der Waals surface area contributed by atoms with Gasteiger partial charge in [0, 0.05) is 12.1 Å². The number of sulfonamides is 1. The highest BCUT2D eigenvalue weighted by Crippen LogP contribution is 2.02. The summed E-state index contributed by atoms with van der Waals surface area (Å²) >= 11 is 1.74. The maximum atomic E-state index is 11.7. The molecule has 0 aromatic carbocycles. The van der Waals surface area contributed by atoms with Crippen molar-refractivity contribution in [2.75, 3.05) is 24.3 Å². The summed E-state index contributed by atoms with van der Waals surface area (Å²) in [5.74, 6) is 1.19. The fraction of sp³-hybridized carbons (Fsp3) is 1.00. The Morgan fingerprint density at radius 2 is 1.88 bits per heavy atom. The number of rotatable bonds is 10. The molecule has 104 valence electrons. The molecule has 0 aliphatic rings. The minimum absolute atomic E-state index is 0.0329. The van der Waals surface area contributed by atoms with E-state index in [-0.39, 0.29) is 11.8 Å². The molecule has 0 rings (SSSR count). The van der Waals surface area contributed by atoms with Gasteiger partial charge in [-0.05, 0) is 38.3 Å². The fourth-order valence-corrected chi connectivity index (χ4v) is 3.33. The van der Waals surface area contributed by atoms with E-state index in [1.165, 1.54) is 0 Å². The summed E-state index contributed by atoms with van der Waals surface area (Å²) in [6, 6.07) is 0.441. The van der Waals surface area contributed by atoms with E-state index in [0.29, 0.717) is 12.5 Å². The van der Waals surface area contributed by atoms with Crippen molar-refractivity contribution in [1.82, 2.24) is 10.0 Å². The molecule has 0 amide bonds. The molecule has 6 heteroatoms. The van der Waals surface area contributed by atoms with Gasteiger partial charge in [-0.3, -0.25) is 0 Å². The quantitative estimate of drug-likeness (QED) is 0.595. The summed E-state index contributed by atoms with van der Waals surface area (Å²) in [7, 11) is -3.11. The van der Waals surface area contributed by atoms with Crippen molar-refractivity contribution in [1.29, 1.82) is 0 Å². The lowest BCUT2D eigenvalue weighted by Crippen LogP contribution is -2.36.